The second kappa shape index (κ2) is 8.26. The molecule has 0 aliphatic carbocycles. The molecule has 1 aromatic carbocycles. The summed E-state index contributed by atoms with van der Waals surface area (Å²) in [5, 5.41) is 4.72. The lowest BCUT2D eigenvalue weighted by molar-refractivity contribution is 0.0949. The maximum absolute atomic E-state index is 13.0. The molecule has 0 unspecified atom stereocenters. The number of nitrogens with zero attached hydrogens (tertiary/aromatic N) is 2. The minimum absolute atomic E-state index is 0.0856. The van der Waals surface area contributed by atoms with Gasteiger partial charge in [0.15, 0.2) is 0 Å². The summed E-state index contributed by atoms with van der Waals surface area (Å²) in [5.41, 5.74) is 0. The van der Waals surface area contributed by atoms with Crippen LogP contribution in [0.1, 0.15) is 9.67 Å². The Bertz CT molecular complexity index is 831. The standard InChI is InChI=1S/C17H20FN3O3S2/c18-14-3-5-15(6-4-14)26(23,24)21-11-9-20(10-12-21)8-7-19-17(22)16-2-1-13-25-16/h1-6,13H,7-12H2,(H,19,22). The minimum atomic E-state index is -3.59. The van der Waals surface area contributed by atoms with Crippen LogP contribution in [-0.2, 0) is 10.0 Å². The Morgan fingerprint density at radius 1 is 1.12 bits per heavy atom. The summed E-state index contributed by atoms with van der Waals surface area (Å²) in [4.78, 5) is 14.8. The Kier molecular flexibility index (Phi) is 6.02. The number of rotatable bonds is 6. The lowest BCUT2D eigenvalue weighted by Gasteiger charge is -2.33. The van der Waals surface area contributed by atoms with Crippen molar-refractivity contribution < 1.29 is 17.6 Å². The van der Waals surface area contributed by atoms with Crippen LogP contribution in [0.2, 0.25) is 0 Å². The average Bonchev–Trinajstić information content (AvgIpc) is 3.17. The Labute approximate surface area is 156 Å². The van der Waals surface area contributed by atoms with E-state index in [2.05, 4.69) is 10.2 Å². The second-order valence-electron chi connectivity index (χ2n) is 5.93. The maximum Gasteiger partial charge on any atom is 0.261 e. The van der Waals surface area contributed by atoms with E-state index >= 15 is 0 Å². The summed E-state index contributed by atoms with van der Waals surface area (Å²) in [6, 6.07) is 8.49. The molecule has 26 heavy (non-hydrogen) atoms. The number of thiophene rings is 1. The number of piperazine rings is 1. The molecule has 6 nitrogen and oxygen atoms in total. The molecule has 0 bridgehead atoms. The van der Waals surface area contributed by atoms with Gasteiger partial charge in [0, 0.05) is 39.3 Å². The summed E-state index contributed by atoms with van der Waals surface area (Å²) in [7, 11) is -3.59. The van der Waals surface area contributed by atoms with Gasteiger partial charge in [0.1, 0.15) is 5.82 Å². The Balaban J connectivity index is 1.46. The highest BCUT2D eigenvalue weighted by Crippen LogP contribution is 2.18. The van der Waals surface area contributed by atoms with Crippen molar-refractivity contribution in [1.82, 2.24) is 14.5 Å². The Morgan fingerprint density at radius 2 is 1.81 bits per heavy atom. The van der Waals surface area contributed by atoms with Crippen LogP contribution in [0.4, 0.5) is 4.39 Å². The number of nitrogens with one attached hydrogen (secondary N) is 1. The number of hydrogen-bond donors (Lipinski definition) is 1. The van der Waals surface area contributed by atoms with E-state index in [1.807, 2.05) is 11.4 Å². The first-order valence-corrected chi connectivity index (χ1v) is 10.6. The third kappa shape index (κ3) is 4.47. The molecular formula is C17H20FN3O3S2. The molecule has 2 aromatic rings. The maximum atomic E-state index is 13.0. The van der Waals surface area contributed by atoms with Gasteiger partial charge >= 0.3 is 0 Å². The topological polar surface area (TPSA) is 69.7 Å². The third-order valence-electron chi connectivity index (χ3n) is 4.24. The third-order valence-corrected chi connectivity index (χ3v) is 7.02. The van der Waals surface area contributed by atoms with E-state index < -0.39 is 15.8 Å². The van der Waals surface area contributed by atoms with Crippen molar-refractivity contribution in [2.75, 3.05) is 39.3 Å². The molecule has 1 saturated heterocycles. The number of sulfonamides is 1. The number of benzene rings is 1. The summed E-state index contributed by atoms with van der Waals surface area (Å²) in [5.74, 6) is -0.545. The van der Waals surface area contributed by atoms with Gasteiger partial charge in [0.2, 0.25) is 10.0 Å². The monoisotopic (exact) mass is 397 g/mol. The molecule has 0 atom stereocenters. The van der Waals surface area contributed by atoms with E-state index in [0.717, 1.165) is 12.1 Å². The number of amides is 1. The van der Waals surface area contributed by atoms with Crippen molar-refractivity contribution in [3.63, 3.8) is 0 Å². The SMILES string of the molecule is O=C(NCCN1CCN(S(=O)(=O)c2ccc(F)cc2)CC1)c1cccs1. The van der Waals surface area contributed by atoms with Crippen LogP contribution in [-0.4, -0.2) is 62.8 Å². The van der Waals surface area contributed by atoms with E-state index in [1.165, 1.54) is 27.8 Å². The molecule has 0 spiro atoms. The Hall–Kier alpha value is -1.81. The largest absolute Gasteiger partial charge is 0.350 e. The van der Waals surface area contributed by atoms with Crippen molar-refractivity contribution in [3.8, 4) is 0 Å². The van der Waals surface area contributed by atoms with Crippen molar-refractivity contribution in [3.05, 3.63) is 52.5 Å². The van der Waals surface area contributed by atoms with Crippen LogP contribution < -0.4 is 5.32 Å². The Morgan fingerprint density at radius 3 is 2.42 bits per heavy atom. The van der Waals surface area contributed by atoms with E-state index in [0.29, 0.717) is 44.1 Å². The molecule has 1 amide bonds. The van der Waals surface area contributed by atoms with Gasteiger partial charge in [-0.25, -0.2) is 12.8 Å². The first-order chi connectivity index (χ1) is 12.5. The van der Waals surface area contributed by atoms with Gasteiger partial charge in [-0.2, -0.15) is 4.31 Å². The summed E-state index contributed by atoms with van der Waals surface area (Å²) < 4.78 is 39.5. The van der Waals surface area contributed by atoms with Gasteiger partial charge in [0.25, 0.3) is 5.91 Å². The molecule has 0 radical (unpaired) electrons. The predicted molar refractivity (Wildman–Crippen MR) is 98.3 cm³/mol. The van der Waals surface area contributed by atoms with E-state index in [4.69, 9.17) is 0 Å². The number of carbonyl (C=O) groups is 1. The zero-order valence-electron chi connectivity index (χ0n) is 14.1. The molecule has 1 aromatic heterocycles. The summed E-state index contributed by atoms with van der Waals surface area (Å²) >= 11 is 1.40. The first kappa shape index (κ1) is 19.0. The van der Waals surface area contributed by atoms with E-state index in [1.54, 1.807) is 6.07 Å². The zero-order chi connectivity index (χ0) is 18.6. The normalized spacial score (nSPS) is 16.5. The van der Waals surface area contributed by atoms with Crippen LogP contribution >= 0.6 is 11.3 Å². The number of halogens is 1. The van der Waals surface area contributed by atoms with Crippen LogP contribution in [0.3, 0.4) is 0 Å². The fourth-order valence-electron chi connectivity index (χ4n) is 2.77. The fourth-order valence-corrected chi connectivity index (χ4v) is 4.83. The van der Waals surface area contributed by atoms with Gasteiger partial charge in [0.05, 0.1) is 9.77 Å². The highest BCUT2D eigenvalue weighted by atomic mass is 32.2. The van der Waals surface area contributed by atoms with Gasteiger partial charge < -0.3 is 5.32 Å². The number of carbonyl (C=O) groups excluding carboxylic acids is 1. The highest BCUT2D eigenvalue weighted by Gasteiger charge is 2.28. The van der Waals surface area contributed by atoms with Crippen LogP contribution in [0.25, 0.3) is 0 Å². The fraction of sp³-hybridized carbons (Fsp3) is 0.353. The lowest BCUT2D eigenvalue weighted by Crippen LogP contribution is -2.50. The van der Waals surface area contributed by atoms with Crippen molar-refractivity contribution >= 4 is 27.3 Å². The molecule has 2 heterocycles. The van der Waals surface area contributed by atoms with Crippen molar-refractivity contribution in [2.24, 2.45) is 0 Å². The predicted octanol–water partition coefficient (Wildman–Crippen LogP) is 1.62. The quantitative estimate of drug-likeness (QED) is 0.804. The van der Waals surface area contributed by atoms with Gasteiger partial charge in [-0.1, -0.05) is 6.07 Å². The summed E-state index contributed by atoms with van der Waals surface area (Å²) in [6.07, 6.45) is 0. The van der Waals surface area contributed by atoms with Crippen molar-refractivity contribution in [1.29, 1.82) is 0 Å². The second-order valence-corrected chi connectivity index (χ2v) is 8.82. The molecule has 1 fully saturated rings. The highest BCUT2D eigenvalue weighted by molar-refractivity contribution is 7.89. The molecule has 0 saturated carbocycles. The van der Waals surface area contributed by atoms with Gasteiger partial charge in [-0.15, -0.1) is 11.3 Å². The number of hydrogen-bond acceptors (Lipinski definition) is 5. The van der Waals surface area contributed by atoms with Gasteiger partial charge in [-0.05, 0) is 35.7 Å². The minimum Gasteiger partial charge on any atom is -0.350 e. The van der Waals surface area contributed by atoms with Crippen LogP contribution in [0.5, 0.6) is 0 Å². The summed E-state index contributed by atoms with van der Waals surface area (Å²) in [6.45, 7) is 3.12. The van der Waals surface area contributed by atoms with Crippen LogP contribution in [0, 0.1) is 5.82 Å². The molecule has 9 heteroatoms. The molecular weight excluding hydrogens is 377 g/mol. The molecule has 1 N–H and O–H groups in total. The lowest BCUT2D eigenvalue weighted by atomic mass is 10.3. The average molecular weight is 397 g/mol. The molecule has 3 rings (SSSR count). The molecule has 1 aliphatic rings. The van der Waals surface area contributed by atoms with Crippen LogP contribution in [0.15, 0.2) is 46.7 Å². The molecule has 1 aliphatic heterocycles. The van der Waals surface area contributed by atoms with E-state index in [9.17, 15) is 17.6 Å². The smallest absolute Gasteiger partial charge is 0.261 e. The van der Waals surface area contributed by atoms with Gasteiger partial charge in [-0.3, -0.25) is 9.69 Å². The van der Waals surface area contributed by atoms with Crippen molar-refractivity contribution in [2.45, 2.75) is 4.90 Å². The first-order valence-electron chi connectivity index (χ1n) is 8.26. The zero-order valence-corrected chi connectivity index (χ0v) is 15.7. The van der Waals surface area contributed by atoms with E-state index in [-0.39, 0.29) is 10.8 Å². The molecule has 140 valence electrons.